The van der Waals surface area contributed by atoms with E-state index in [2.05, 4.69) is 20.7 Å². The number of carbonyl (C=O) groups excluding carboxylic acids is 1. The van der Waals surface area contributed by atoms with Crippen molar-refractivity contribution in [3.05, 3.63) is 21.7 Å². The molecule has 4 nitrogen and oxygen atoms in total. The summed E-state index contributed by atoms with van der Waals surface area (Å²) in [6, 6.07) is 1.29. The van der Waals surface area contributed by atoms with E-state index in [9.17, 15) is 15.0 Å². The summed E-state index contributed by atoms with van der Waals surface area (Å²) < 4.78 is 4.79. The maximum Gasteiger partial charge on any atom is 0.338 e. The third kappa shape index (κ3) is 2.29. The number of hydrogen-bond acceptors (Lipinski definition) is 4. The van der Waals surface area contributed by atoms with Gasteiger partial charge >= 0.3 is 5.97 Å². The number of rotatable bonds is 3. The number of carbonyl (C=O) groups is 1. The Labute approximate surface area is 102 Å². The monoisotopic (exact) mass is 288 g/mol. The third-order valence-corrected chi connectivity index (χ3v) is 3.01. The van der Waals surface area contributed by atoms with Gasteiger partial charge in [-0.2, -0.15) is 0 Å². The molecular formula is C11H13BrO4. The van der Waals surface area contributed by atoms with E-state index in [-0.39, 0.29) is 21.5 Å². The van der Waals surface area contributed by atoms with Gasteiger partial charge in [0.1, 0.15) is 16.0 Å². The van der Waals surface area contributed by atoms with Gasteiger partial charge in [0.25, 0.3) is 0 Å². The number of methoxy groups -OCH3 is 1. The average molecular weight is 289 g/mol. The number of aromatic hydroxyl groups is 2. The molecule has 1 aromatic carbocycles. The molecule has 0 radical (unpaired) electrons. The summed E-state index contributed by atoms with van der Waals surface area (Å²) in [5.74, 6) is -0.860. The molecule has 16 heavy (non-hydrogen) atoms. The van der Waals surface area contributed by atoms with Crippen LogP contribution >= 0.6 is 15.9 Å². The minimum atomic E-state index is -0.568. The molecule has 0 aromatic heterocycles. The van der Waals surface area contributed by atoms with Gasteiger partial charge in [-0.1, -0.05) is 13.3 Å². The molecule has 0 aliphatic rings. The number of benzene rings is 1. The van der Waals surface area contributed by atoms with Crippen molar-refractivity contribution in [2.24, 2.45) is 0 Å². The van der Waals surface area contributed by atoms with Gasteiger partial charge in [0.2, 0.25) is 0 Å². The fourth-order valence-corrected chi connectivity index (χ4v) is 1.82. The number of esters is 1. The largest absolute Gasteiger partial charge is 0.507 e. The normalized spacial score (nSPS) is 10.2. The van der Waals surface area contributed by atoms with Crippen LogP contribution in [-0.2, 0) is 11.2 Å². The molecule has 0 saturated heterocycles. The highest BCUT2D eigenvalue weighted by molar-refractivity contribution is 9.10. The predicted molar refractivity (Wildman–Crippen MR) is 62.8 cm³/mol. The van der Waals surface area contributed by atoms with Crippen molar-refractivity contribution >= 4 is 21.9 Å². The third-order valence-electron chi connectivity index (χ3n) is 2.23. The molecule has 0 unspecified atom stereocenters. The average Bonchev–Trinajstić information content (AvgIpc) is 2.28. The zero-order chi connectivity index (χ0) is 12.3. The lowest BCUT2D eigenvalue weighted by Gasteiger charge is -2.12. The second-order valence-electron chi connectivity index (χ2n) is 3.33. The summed E-state index contributed by atoms with van der Waals surface area (Å²) in [7, 11) is 1.26. The molecule has 0 heterocycles. The van der Waals surface area contributed by atoms with Gasteiger partial charge < -0.3 is 14.9 Å². The molecule has 0 fully saturated rings. The number of hydrogen-bond donors (Lipinski definition) is 2. The van der Waals surface area contributed by atoms with Gasteiger partial charge in [-0.25, -0.2) is 4.79 Å². The predicted octanol–water partition coefficient (Wildman–Crippen LogP) is 2.60. The summed E-state index contributed by atoms with van der Waals surface area (Å²) in [4.78, 5) is 11.5. The lowest BCUT2D eigenvalue weighted by molar-refractivity contribution is 0.0598. The molecule has 0 aliphatic carbocycles. The van der Waals surface area contributed by atoms with E-state index in [0.717, 1.165) is 6.42 Å². The van der Waals surface area contributed by atoms with Crippen LogP contribution in [0.1, 0.15) is 29.3 Å². The van der Waals surface area contributed by atoms with Crippen molar-refractivity contribution in [3.8, 4) is 11.5 Å². The first-order chi connectivity index (χ1) is 7.52. The zero-order valence-electron chi connectivity index (χ0n) is 9.08. The number of phenolic OH excluding ortho intramolecular Hbond substituents is 2. The molecule has 0 atom stereocenters. The fraction of sp³-hybridized carbons (Fsp3) is 0.364. The lowest BCUT2D eigenvalue weighted by atomic mass is 10.0. The van der Waals surface area contributed by atoms with E-state index in [4.69, 9.17) is 0 Å². The molecule has 0 saturated carbocycles. The highest BCUT2D eigenvalue weighted by Gasteiger charge is 2.20. The summed E-state index contributed by atoms with van der Waals surface area (Å²) >= 11 is 3.05. The summed E-state index contributed by atoms with van der Waals surface area (Å²) in [6.07, 6.45) is 1.31. The maximum atomic E-state index is 11.5. The number of ether oxygens (including phenoxy) is 1. The Balaban J connectivity index is 3.40. The second kappa shape index (κ2) is 5.21. The van der Waals surface area contributed by atoms with E-state index in [1.165, 1.54) is 13.2 Å². The van der Waals surface area contributed by atoms with Crippen molar-refractivity contribution in [1.82, 2.24) is 0 Å². The maximum absolute atomic E-state index is 11.5. The second-order valence-corrected chi connectivity index (χ2v) is 4.12. The zero-order valence-corrected chi connectivity index (χ0v) is 10.7. The van der Waals surface area contributed by atoms with E-state index >= 15 is 0 Å². The number of phenols is 2. The van der Waals surface area contributed by atoms with Crippen molar-refractivity contribution in [3.63, 3.8) is 0 Å². The quantitative estimate of drug-likeness (QED) is 0.839. The van der Waals surface area contributed by atoms with Gasteiger partial charge in [-0.3, -0.25) is 0 Å². The topological polar surface area (TPSA) is 66.8 Å². The van der Waals surface area contributed by atoms with Crippen LogP contribution in [0.25, 0.3) is 0 Å². The highest BCUT2D eigenvalue weighted by atomic mass is 79.9. The number of halogens is 1. The van der Waals surface area contributed by atoms with Crippen molar-refractivity contribution in [2.75, 3.05) is 7.11 Å². The molecule has 0 amide bonds. The molecule has 1 rings (SSSR count). The van der Waals surface area contributed by atoms with E-state index in [1.54, 1.807) is 0 Å². The van der Waals surface area contributed by atoms with Gasteiger partial charge in [-0.05, 0) is 28.4 Å². The molecule has 5 heteroatoms. The summed E-state index contributed by atoms with van der Waals surface area (Å²) in [5.41, 5.74) is 0.682. The highest BCUT2D eigenvalue weighted by Crippen LogP contribution is 2.38. The van der Waals surface area contributed by atoms with Gasteiger partial charge in [0, 0.05) is 5.56 Å². The van der Waals surface area contributed by atoms with Crippen molar-refractivity contribution < 1.29 is 19.7 Å². The van der Waals surface area contributed by atoms with Gasteiger partial charge in [-0.15, -0.1) is 0 Å². The standard InChI is InChI=1S/C11H13BrO4/c1-3-4-6-7(11(15)16-2)5-8(13)9(12)10(6)14/h5,13-14H,3-4H2,1-2H3. The van der Waals surface area contributed by atoms with Gasteiger partial charge in [0.05, 0.1) is 12.7 Å². The molecule has 88 valence electrons. The first-order valence-corrected chi connectivity index (χ1v) is 5.63. The molecular weight excluding hydrogens is 276 g/mol. The minimum Gasteiger partial charge on any atom is -0.507 e. The Morgan fingerprint density at radius 3 is 2.62 bits per heavy atom. The molecule has 2 N–H and O–H groups in total. The van der Waals surface area contributed by atoms with E-state index < -0.39 is 5.97 Å². The van der Waals surface area contributed by atoms with Crippen LogP contribution in [0.4, 0.5) is 0 Å². The van der Waals surface area contributed by atoms with Crippen LogP contribution in [0, 0.1) is 0 Å². The van der Waals surface area contributed by atoms with Crippen molar-refractivity contribution in [1.29, 1.82) is 0 Å². The van der Waals surface area contributed by atoms with Crippen molar-refractivity contribution in [2.45, 2.75) is 19.8 Å². The molecule has 1 aromatic rings. The van der Waals surface area contributed by atoms with Crippen LogP contribution in [0.5, 0.6) is 11.5 Å². The Kier molecular flexibility index (Phi) is 4.18. The smallest absolute Gasteiger partial charge is 0.338 e. The fourth-order valence-electron chi connectivity index (χ4n) is 1.46. The van der Waals surface area contributed by atoms with Crippen LogP contribution in [0.15, 0.2) is 10.5 Å². The lowest BCUT2D eigenvalue weighted by Crippen LogP contribution is -2.06. The Morgan fingerprint density at radius 2 is 2.12 bits per heavy atom. The first-order valence-electron chi connectivity index (χ1n) is 4.84. The molecule has 0 aliphatic heterocycles. The SMILES string of the molecule is CCCc1c(C(=O)OC)cc(O)c(Br)c1O. The van der Waals surface area contributed by atoms with Gasteiger partial charge in [0.15, 0.2) is 0 Å². The van der Waals surface area contributed by atoms with Crippen LogP contribution in [-0.4, -0.2) is 23.3 Å². The van der Waals surface area contributed by atoms with Crippen LogP contribution < -0.4 is 0 Å². The van der Waals surface area contributed by atoms with Crippen LogP contribution in [0.2, 0.25) is 0 Å². The first kappa shape index (κ1) is 12.8. The summed E-state index contributed by atoms with van der Waals surface area (Å²) in [6.45, 7) is 1.93. The molecule has 0 bridgehead atoms. The Morgan fingerprint density at radius 1 is 1.50 bits per heavy atom. The Bertz CT molecular complexity index is 415. The minimum absolute atomic E-state index is 0.109. The van der Waals surface area contributed by atoms with E-state index in [1.807, 2.05) is 6.92 Å². The molecule has 0 spiro atoms. The summed E-state index contributed by atoms with van der Waals surface area (Å²) in [5, 5.41) is 19.3. The Hall–Kier alpha value is -1.23. The van der Waals surface area contributed by atoms with E-state index in [0.29, 0.717) is 12.0 Å². The van der Waals surface area contributed by atoms with Crippen LogP contribution in [0.3, 0.4) is 0 Å².